The van der Waals surface area contributed by atoms with Gasteiger partial charge < -0.3 is 4.42 Å². The second-order valence-corrected chi connectivity index (χ2v) is 5.45. The third kappa shape index (κ3) is 2.44. The van der Waals surface area contributed by atoms with Crippen molar-refractivity contribution in [3.05, 3.63) is 56.6 Å². The van der Waals surface area contributed by atoms with E-state index in [0.717, 1.165) is 16.7 Å². The maximum absolute atomic E-state index is 11.0. The summed E-state index contributed by atoms with van der Waals surface area (Å²) in [6, 6.07) is 8.49. The Labute approximate surface area is 131 Å². The average molecular weight is 317 g/mol. The molecule has 0 saturated carbocycles. The quantitative estimate of drug-likeness (QED) is 0.507. The van der Waals surface area contributed by atoms with E-state index in [1.54, 1.807) is 6.07 Å². The molecule has 5 nitrogen and oxygen atoms in total. The van der Waals surface area contributed by atoms with Crippen molar-refractivity contribution in [2.45, 2.75) is 20.3 Å². The Bertz CT molecular complexity index is 886. The van der Waals surface area contributed by atoms with Crippen LogP contribution in [0.3, 0.4) is 0 Å². The number of hydrogen-bond donors (Lipinski definition) is 0. The van der Waals surface area contributed by atoms with Gasteiger partial charge in [-0.2, -0.15) is 0 Å². The van der Waals surface area contributed by atoms with Gasteiger partial charge in [-0.25, -0.2) is 4.98 Å². The van der Waals surface area contributed by atoms with Gasteiger partial charge >= 0.3 is 0 Å². The molecule has 0 unspecified atom stereocenters. The van der Waals surface area contributed by atoms with Crippen LogP contribution in [0, 0.1) is 17.0 Å². The fraction of sp³-hybridized carbons (Fsp3) is 0.188. The molecule has 22 heavy (non-hydrogen) atoms. The number of aryl methyl sites for hydroxylation is 2. The zero-order valence-corrected chi connectivity index (χ0v) is 12.8. The van der Waals surface area contributed by atoms with Crippen molar-refractivity contribution < 1.29 is 9.34 Å². The van der Waals surface area contributed by atoms with Crippen molar-refractivity contribution in [2.24, 2.45) is 0 Å². The summed E-state index contributed by atoms with van der Waals surface area (Å²) >= 11 is 6.13. The van der Waals surface area contributed by atoms with Gasteiger partial charge in [0, 0.05) is 28.3 Å². The summed E-state index contributed by atoms with van der Waals surface area (Å²) in [5.41, 5.74) is 3.56. The van der Waals surface area contributed by atoms with Gasteiger partial charge in [0.15, 0.2) is 5.58 Å². The van der Waals surface area contributed by atoms with E-state index in [-0.39, 0.29) is 5.69 Å². The third-order valence-electron chi connectivity index (χ3n) is 3.56. The van der Waals surface area contributed by atoms with Gasteiger partial charge in [0.05, 0.1) is 4.92 Å². The summed E-state index contributed by atoms with van der Waals surface area (Å²) < 4.78 is 5.81. The van der Waals surface area contributed by atoms with E-state index in [1.807, 2.05) is 26.0 Å². The first kappa shape index (κ1) is 14.5. The monoisotopic (exact) mass is 316 g/mol. The highest BCUT2D eigenvalue weighted by molar-refractivity contribution is 6.31. The molecule has 1 heterocycles. The standard InChI is InChI=1S/C16H13ClN2O3/c1-3-10-6-12(19(20)21)8-14-15(10)22-16(18-14)11-5-4-9(2)13(17)7-11/h4-8H,3H2,1-2H3. The topological polar surface area (TPSA) is 69.2 Å². The van der Waals surface area contributed by atoms with Crippen LogP contribution in [0.1, 0.15) is 18.1 Å². The Morgan fingerprint density at radius 2 is 2.09 bits per heavy atom. The molecule has 0 amide bonds. The minimum absolute atomic E-state index is 0.0196. The van der Waals surface area contributed by atoms with Gasteiger partial charge in [-0.15, -0.1) is 0 Å². The highest BCUT2D eigenvalue weighted by atomic mass is 35.5. The second kappa shape index (κ2) is 5.42. The van der Waals surface area contributed by atoms with Crippen LogP contribution in [0.5, 0.6) is 0 Å². The van der Waals surface area contributed by atoms with E-state index < -0.39 is 4.92 Å². The minimum atomic E-state index is -0.421. The van der Waals surface area contributed by atoms with Gasteiger partial charge in [0.2, 0.25) is 5.89 Å². The van der Waals surface area contributed by atoms with Crippen molar-refractivity contribution >= 4 is 28.4 Å². The molecule has 0 saturated heterocycles. The summed E-state index contributed by atoms with van der Waals surface area (Å²) in [6.07, 6.45) is 0.626. The molecule has 0 radical (unpaired) electrons. The van der Waals surface area contributed by atoms with Crippen LogP contribution in [-0.2, 0) is 6.42 Å². The maximum Gasteiger partial charge on any atom is 0.272 e. The normalized spacial score (nSPS) is 11.0. The van der Waals surface area contributed by atoms with Crippen molar-refractivity contribution in [3.63, 3.8) is 0 Å². The van der Waals surface area contributed by atoms with Crippen LogP contribution in [0.2, 0.25) is 5.02 Å². The van der Waals surface area contributed by atoms with E-state index in [4.69, 9.17) is 16.0 Å². The zero-order chi connectivity index (χ0) is 15.9. The number of benzene rings is 2. The first-order chi connectivity index (χ1) is 10.5. The van der Waals surface area contributed by atoms with E-state index >= 15 is 0 Å². The van der Waals surface area contributed by atoms with Gasteiger partial charge in [-0.3, -0.25) is 10.1 Å². The molecule has 3 aromatic rings. The molecule has 0 N–H and O–H groups in total. The van der Waals surface area contributed by atoms with Crippen LogP contribution in [0.25, 0.3) is 22.6 Å². The first-order valence-electron chi connectivity index (χ1n) is 6.84. The van der Waals surface area contributed by atoms with Crippen LogP contribution in [-0.4, -0.2) is 9.91 Å². The summed E-state index contributed by atoms with van der Waals surface area (Å²) in [5.74, 6) is 0.409. The molecule has 3 rings (SSSR count). The zero-order valence-electron chi connectivity index (χ0n) is 12.1. The molecule has 2 aromatic carbocycles. The number of nitro groups is 1. The Morgan fingerprint density at radius 3 is 2.73 bits per heavy atom. The molecule has 1 aromatic heterocycles. The fourth-order valence-corrected chi connectivity index (χ4v) is 2.48. The lowest BCUT2D eigenvalue weighted by Gasteiger charge is -1.99. The second-order valence-electron chi connectivity index (χ2n) is 5.05. The largest absolute Gasteiger partial charge is 0.436 e. The number of nitro benzene ring substituents is 1. The van der Waals surface area contributed by atoms with E-state index in [2.05, 4.69) is 4.98 Å². The van der Waals surface area contributed by atoms with E-state index in [0.29, 0.717) is 28.4 Å². The van der Waals surface area contributed by atoms with Crippen LogP contribution in [0.4, 0.5) is 5.69 Å². The van der Waals surface area contributed by atoms with Crippen molar-refractivity contribution in [3.8, 4) is 11.5 Å². The summed E-state index contributed by atoms with van der Waals surface area (Å²) in [5, 5.41) is 11.6. The minimum Gasteiger partial charge on any atom is -0.436 e. The molecule has 0 aliphatic rings. The van der Waals surface area contributed by atoms with Crippen molar-refractivity contribution in [1.29, 1.82) is 0 Å². The summed E-state index contributed by atoms with van der Waals surface area (Å²) in [7, 11) is 0. The third-order valence-corrected chi connectivity index (χ3v) is 3.97. The van der Waals surface area contributed by atoms with Crippen LogP contribution < -0.4 is 0 Å². The lowest BCUT2D eigenvalue weighted by atomic mass is 10.1. The molecule has 0 atom stereocenters. The van der Waals surface area contributed by atoms with Crippen molar-refractivity contribution in [2.75, 3.05) is 0 Å². The number of oxazole rings is 1. The maximum atomic E-state index is 11.0. The highest BCUT2D eigenvalue weighted by Gasteiger charge is 2.17. The van der Waals surface area contributed by atoms with E-state index in [9.17, 15) is 10.1 Å². The Morgan fingerprint density at radius 1 is 1.32 bits per heavy atom. The molecular formula is C16H13ClN2O3. The lowest BCUT2D eigenvalue weighted by Crippen LogP contribution is -1.90. The van der Waals surface area contributed by atoms with E-state index in [1.165, 1.54) is 12.1 Å². The summed E-state index contributed by atoms with van der Waals surface area (Å²) in [6.45, 7) is 3.83. The van der Waals surface area contributed by atoms with Crippen LogP contribution >= 0.6 is 11.6 Å². The average Bonchev–Trinajstić information content (AvgIpc) is 2.92. The Hall–Kier alpha value is -2.40. The number of fused-ring (bicyclic) bond motifs is 1. The molecule has 0 fully saturated rings. The lowest BCUT2D eigenvalue weighted by molar-refractivity contribution is -0.384. The predicted octanol–water partition coefficient (Wildman–Crippen LogP) is 4.93. The Balaban J connectivity index is 2.20. The number of hydrogen-bond acceptors (Lipinski definition) is 4. The molecule has 112 valence electrons. The number of rotatable bonds is 3. The molecule has 0 bridgehead atoms. The van der Waals surface area contributed by atoms with Crippen molar-refractivity contribution in [1.82, 2.24) is 4.98 Å². The number of nitrogens with zero attached hydrogens (tertiary/aromatic N) is 2. The smallest absolute Gasteiger partial charge is 0.272 e. The highest BCUT2D eigenvalue weighted by Crippen LogP contribution is 2.31. The van der Waals surface area contributed by atoms with Gasteiger partial charge in [0.25, 0.3) is 5.69 Å². The van der Waals surface area contributed by atoms with Gasteiger partial charge in [-0.1, -0.05) is 24.6 Å². The molecular weight excluding hydrogens is 304 g/mol. The predicted molar refractivity (Wildman–Crippen MR) is 85.2 cm³/mol. The SMILES string of the molecule is CCc1cc([N+](=O)[O-])cc2nc(-c3ccc(C)c(Cl)c3)oc12. The van der Waals surface area contributed by atoms with Crippen LogP contribution in [0.15, 0.2) is 34.7 Å². The van der Waals surface area contributed by atoms with Gasteiger partial charge in [0.1, 0.15) is 5.52 Å². The summed E-state index contributed by atoms with van der Waals surface area (Å²) in [4.78, 5) is 15.0. The fourth-order valence-electron chi connectivity index (χ4n) is 2.30. The number of halogens is 1. The number of non-ortho nitro benzene ring substituents is 1. The van der Waals surface area contributed by atoms with Gasteiger partial charge in [-0.05, 0) is 31.0 Å². The molecule has 0 aliphatic carbocycles. The Kier molecular flexibility index (Phi) is 3.58. The molecule has 0 spiro atoms. The molecule has 0 aliphatic heterocycles. The first-order valence-corrected chi connectivity index (χ1v) is 7.21. The molecule has 6 heteroatoms. The number of aromatic nitrogens is 1.